The highest BCUT2D eigenvalue weighted by molar-refractivity contribution is 5.99. The Morgan fingerprint density at radius 3 is 2.56 bits per heavy atom. The van der Waals surface area contributed by atoms with Gasteiger partial charge in [-0.15, -0.1) is 0 Å². The summed E-state index contributed by atoms with van der Waals surface area (Å²) >= 11 is 0. The standard InChI is InChI=1S/C21H23N3O3/c1-27-19-9-5-4-8-18(19)23-10-12-24(13-11-23)20(25)14-17-15-6-2-3-7-16(15)21(26)22-17/h2-9,17H,10-14H2,1H3,(H,22,26)/t17-/m1/s1. The van der Waals surface area contributed by atoms with Crippen molar-refractivity contribution in [2.45, 2.75) is 12.5 Å². The van der Waals surface area contributed by atoms with E-state index in [1.807, 2.05) is 47.4 Å². The van der Waals surface area contributed by atoms with E-state index in [4.69, 9.17) is 4.74 Å². The highest BCUT2D eigenvalue weighted by Gasteiger charge is 2.31. The third-order valence-electron chi connectivity index (χ3n) is 5.32. The number of fused-ring (bicyclic) bond motifs is 1. The average molecular weight is 365 g/mol. The third-order valence-corrected chi connectivity index (χ3v) is 5.32. The fraction of sp³-hybridized carbons (Fsp3) is 0.333. The summed E-state index contributed by atoms with van der Waals surface area (Å²) < 4.78 is 5.44. The molecule has 1 atom stereocenters. The second-order valence-electron chi connectivity index (χ2n) is 6.86. The molecule has 0 spiro atoms. The molecule has 0 radical (unpaired) electrons. The van der Waals surface area contributed by atoms with Crippen LogP contribution in [0, 0.1) is 0 Å². The number of methoxy groups -OCH3 is 1. The zero-order valence-corrected chi connectivity index (χ0v) is 15.4. The maximum absolute atomic E-state index is 12.8. The van der Waals surface area contributed by atoms with Crippen LogP contribution in [-0.4, -0.2) is 50.0 Å². The summed E-state index contributed by atoms with van der Waals surface area (Å²) in [7, 11) is 1.67. The number of benzene rings is 2. The van der Waals surface area contributed by atoms with E-state index in [0.29, 0.717) is 25.1 Å². The molecule has 0 aromatic heterocycles. The quantitative estimate of drug-likeness (QED) is 0.903. The molecule has 27 heavy (non-hydrogen) atoms. The van der Waals surface area contributed by atoms with Crippen LogP contribution in [0.15, 0.2) is 48.5 Å². The number of piperazine rings is 1. The monoisotopic (exact) mass is 365 g/mol. The normalized spacial score (nSPS) is 18.9. The van der Waals surface area contributed by atoms with Crippen molar-refractivity contribution in [3.05, 3.63) is 59.7 Å². The Labute approximate surface area is 158 Å². The molecule has 0 aliphatic carbocycles. The number of ether oxygens (including phenoxy) is 1. The summed E-state index contributed by atoms with van der Waals surface area (Å²) in [5.74, 6) is 0.837. The molecule has 0 saturated carbocycles. The van der Waals surface area contributed by atoms with Gasteiger partial charge in [-0.25, -0.2) is 0 Å². The van der Waals surface area contributed by atoms with Gasteiger partial charge in [0.25, 0.3) is 5.91 Å². The molecule has 1 saturated heterocycles. The molecule has 1 N–H and O–H groups in total. The first kappa shape index (κ1) is 17.4. The van der Waals surface area contributed by atoms with E-state index in [1.54, 1.807) is 13.2 Å². The van der Waals surface area contributed by atoms with Gasteiger partial charge in [0, 0.05) is 31.7 Å². The number of nitrogens with one attached hydrogen (secondary N) is 1. The largest absolute Gasteiger partial charge is 0.495 e. The average Bonchev–Trinajstić information content (AvgIpc) is 3.04. The van der Waals surface area contributed by atoms with E-state index in [2.05, 4.69) is 10.2 Å². The summed E-state index contributed by atoms with van der Waals surface area (Å²) in [6.45, 7) is 2.86. The second kappa shape index (κ2) is 7.31. The number of anilines is 1. The summed E-state index contributed by atoms with van der Waals surface area (Å²) in [5, 5.41) is 2.93. The molecule has 0 unspecified atom stereocenters. The third kappa shape index (κ3) is 3.35. The lowest BCUT2D eigenvalue weighted by molar-refractivity contribution is -0.132. The highest BCUT2D eigenvalue weighted by atomic mass is 16.5. The minimum atomic E-state index is -0.228. The summed E-state index contributed by atoms with van der Waals surface area (Å²) in [5.41, 5.74) is 2.66. The molecule has 2 amide bonds. The summed E-state index contributed by atoms with van der Waals surface area (Å²) in [6.07, 6.45) is 0.303. The van der Waals surface area contributed by atoms with Gasteiger partial charge in [0.05, 0.1) is 25.3 Å². The van der Waals surface area contributed by atoms with Crippen molar-refractivity contribution >= 4 is 17.5 Å². The number of carbonyl (C=O) groups is 2. The molecule has 140 valence electrons. The zero-order valence-electron chi connectivity index (χ0n) is 15.4. The minimum absolute atomic E-state index is 0.0803. The summed E-state index contributed by atoms with van der Waals surface area (Å²) in [4.78, 5) is 28.9. The van der Waals surface area contributed by atoms with Crippen LogP contribution in [0.2, 0.25) is 0 Å². The molecule has 4 rings (SSSR count). The Bertz CT molecular complexity index is 859. The van der Waals surface area contributed by atoms with Gasteiger partial charge in [0.1, 0.15) is 5.75 Å². The van der Waals surface area contributed by atoms with Crippen molar-refractivity contribution in [1.82, 2.24) is 10.2 Å². The van der Waals surface area contributed by atoms with Crippen LogP contribution in [0.1, 0.15) is 28.4 Å². The van der Waals surface area contributed by atoms with Crippen LogP contribution < -0.4 is 15.0 Å². The van der Waals surface area contributed by atoms with Crippen molar-refractivity contribution in [2.75, 3.05) is 38.2 Å². The number of carbonyl (C=O) groups excluding carboxylic acids is 2. The van der Waals surface area contributed by atoms with Crippen LogP contribution in [0.3, 0.4) is 0 Å². The van der Waals surface area contributed by atoms with E-state index in [-0.39, 0.29) is 17.9 Å². The molecule has 2 heterocycles. The van der Waals surface area contributed by atoms with Crippen LogP contribution in [-0.2, 0) is 4.79 Å². The number of amides is 2. The number of para-hydroxylation sites is 2. The lowest BCUT2D eigenvalue weighted by Crippen LogP contribution is -2.49. The van der Waals surface area contributed by atoms with Gasteiger partial charge < -0.3 is 19.9 Å². The van der Waals surface area contributed by atoms with Gasteiger partial charge >= 0.3 is 0 Å². The van der Waals surface area contributed by atoms with Crippen molar-refractivity contribution < 1.29 is 14.3 Å². The van der Waals surface area contributed by atoms with E-state index in [0.717, 1.165) is 30.1 Å². The van der Waals surface area contributed by atoms with Crippen molar-refractivity contribution in [1.29, 1.82) is 0 Å². The van der Waals surface area contributed by atoms with E-state index < -0.39 is 0 Å². The molecule has 6 nitrogen and oxygen atoms in total. The predicted octanol–water partition coefficient (Wildman–Crippen LogP) is 2.22. The van der Waals surface area contributed by atoms with Crippen molar-refractivity contribution in [3.63, 3.8) is 0 Å². The zero-order chi connectivity index (χ0) is 18.8. The Morgan fingerprint density at radius 1 is 1.07 bits per heavy atom. The van der Waals surface area contributed by atoms with Crippen molar-refractivity contribution in [3.8, 4) is 5.75 Å². The fourth-order valence-electron chi connectivity index (χ4n) is 3.87. The minimum Gasteiger partial charge on any atom is -0.495 e. The topological polar surface area (TPSA) is 61.9 Å². The Balaban J connectivity index is 1.38. The molecule has 0 bridgehead atoms. The van der Waals surface area contributed by atoms with E-state index in [9.17, 15) is 9.59 Å². The maximum atomic E-state index is 12.8. The molecule has 2 aliphatic rings. The van der Waals surface area contributed by atoms with Crippen LogP contribution in [0.4, 0.5) is 5.69 Å². The van der Waals surface area contributed by atoms with Gasteiger partial charge in [-0.3, -0.25) is 9.59 Å². The second-order valence-corrected chi connectivity index (χ2v) is 6.86. The molecular weight excluding hydrogens is 342 g/mol. The van der Waals surface area contributed by atoms with Crippen molar-refractivity contribution in [2.24, 2.45) is 0 Å². The molecular formula is C21H23N3O3. The fourth-order valence-corrected chi connectivity index (χ4v) is 3.87. The SMILES string of the molecule is COc1ccccc1N1CCN(C(=O)C[C@H]2NC(=O)c3ccccc32)CC1. The Hall–Kier alpha value is -3.02. The lowest BCUT2D eigenvalue weighted by atomic mass is 10.0. The highest BCUT2D eigenvalue weighted by Crippen LogP contribution is 2.30. The molecule has 1 fully saturated rings. The first-order chi connectivity index (χ1) is 13.2. The Morgan fingerprint density at radius 2 is 1.78 bits per heavy atom. The number of hydrogen-bond acceptors (Lipinski definition) is 4. The Kier molecular flexibility index (Phi) is 4.71. The number of rotatable bonds is 4. The van der Waals surface area contributed by atoms with Gasteiger partial charge in [-0.05, 0) is 23.8 Å². The molecule has 6 heteroatoms. The van der Waals surface area contributed by atoms with Gasteiger partial charge in [-0.1, -0.05) is 30.3 Å². The predicted molar refractivity (Wildman–Crippen MR) is 103 cm³/mol. The smallest absolute Gasteiger partial charge is 0.252 e. The molecule has 2 aromatic carbocycles. The maximum Gasteiger partial charge on any atom is 0.252 e. The van der Waals surface area contributed by atoms with Gasteiger partial charge in [-0.2, -0.15) is 0 Å². The van der Waals surface area contributed by atoms with E-state index in [1.165, 1.54) is 0 Å². The van der Waals surface area contributed by atoms with E-state index >= 15 is 0 Å². The van der Waals surface area contributed by atoms with Crippen LogP contribution in [0.5, 0.6) is 5.75 Å². The molecule has 2 aromatic rings. The van der Waals surface area contributed by atoms with Crippen LogP contribution in [0.25, 0.3) is 0 Å². The van der Waals surface area contributed by atoms with Gasteiger partial charge in [0.2, 0.25) is 5.91 Å². The lowest BCUT2D eigenvalue weighted by Gasteiger charge is -2.37. The first-order valence-corrected chi connectivity index (χ1v) is 9.23. The number of hydrogen-bond donors (Lipinski definition) is 1. The van der Waals surface area contributed by atoms with Gasteiger partial charge in [0.15, 0.2) is 0 Å². The van der Waals surface area contributed by atoms with Crippen LogP contribution >= 0.6 is 0 Å². The molecule has 2 aliphatic heterocycles. The summed E-state index contributed by atoms with van der Waals surface area (Å²) in [6, 6.07) is 15.2. The first-order valence-electron chi connectivity index (χ1n) is 9.23. The number of nitrogens with zero attached hydrogens (tertiary/aromatic N) is 2.